The van der Waals surface area contributed by atoms with Gasteiger partial charge in [-0.25, -0.2) is 9.97 Å². The largest absolute Gasteiger partial charge is 0.337 e. The quantitative estimate of drug-likeness (QED) is 0.347. The number of carbonyl (C=O) groups is 2. The second kappa shape index (κ2) is 10.7. The summed E-state index contributed by atoms with van der Waals surface area (Å²) in [7, 11) is 0. The molecule has 2 aromatic carbocycles. The summed E-state index contributed by atoms with van der Waals surface area (Å²) in [5, 5.41) is 3.43. The van der Waals surface area contributed by atoms with E-state index in [4.69, 9.17) is 0 Å². The fraction of sp³-hybridized carbons (Fsp3) is 0.200. The van der Waals surface area contributed by atoms with Crippen molar-refractivity contribution in [2.45, 2.75) is 24.4 Å². The summed E-state index contributed by atoms with van der Waals surface area (Å²) in [6.45, 7) is 1.36. The van der Waals surface area contributed by atoms with E-state index in [2.05, 4.69) is 15.3 Å². The molecule has 3 aromatic rings. The summed E-state index contributed by atoms with van der Waals surface area (Å²) in [4.78, 5) is 37.8. The van der Waals surface area contributed by atoms with Gasteiger partial charge in [-0.3, -0.25) is 9.59 Å². The topological polar surface area (TPSA) is 75.2 Å². The maximum absolute atomic E-state index is 13.7. The minimum atomic E-state index is -0.325. The van der Waals surface area contributed by atoms with Crippen molar-refractivity contribution in [2.24, 2.45) is 0 Å². The number of hydrogen-bond acceptors (Lipinski definition) is 5. The molecule has 7 heteroatoms. The maximum Gasteiger partial charge on any atom is 0.271 e. The molecule has 1 aliphatic rings. The van der Waals surface area contributed by atoms with Gasteiger partial charge in [0, 0.05) is 31.0 Å². The van der Waals surface area contributed by atoms with E-state index < -0.39 is 0 Å². The normalized spacial score (nSPS) is 14.4. The predicted molar refractivity (Wildman–Crippen MR) is 126 cm³/mol. The highest BCUT2D eigenvalue weighted by Crippen LogP contribution is 2.35. The van der Waals surface area contributed by atoms with Crippen LogP contribution in [0.1, 0.15) is 35.2 Å². The minimum absolute atomic E-state index is 0.184. The molecule has 2 heterocycles. The summed E-state index contributed by atoms with van der Waals surface area (Å²) in [6, 6.07) is 20.2. The number of hydrogen-bond donors (Lipinski definition) is 1. The van der Waals surface area contributed by atoms with Crippen LogP contribution in [0.2, 0.25) is 0 Å². The Labute approximate surface area is 191 Å². The highest BCUT2D eigenvalue weighted by Gasteiger charge is 2.27. The van der Waals surface area contributed by atoms with E-state index >= 15 is 0 Å². The number of amides is 2. The van der Waals surface area contributed by atoms with Crippen molar-refractivity contribution in [3.8, 4) is 0 Å². The number of nitrogens with one attached hydrogen (secondary N) is 1. The van der Waals surface area contributed by atoms with Gasteiger partial charge < -0.3 is 10.2 Å². The van der Waals surface area contributed by atoms with Crippen molar-refractivity contribution in [1.29, 1.82) is 0 Å². The van der Waals surface area contributed by atoms with Gasteiger partial charge in [0.2, 0.25) is 0 Å². The number of benzene rings is 2. The Hall–Kier alpha value is -3.45. The predicted octanol–water partition coefficient (Wildman–Crippen LogP) is 4.38. The van der Waals surface area contributed by atoms with Gasteiger partial charge in [0.1, 0.15) is 5.70 Å². The van der Waals surface area contributed by atoms with Crippen molar-refractivity contribution in [3.63, 3.8) is 0 Å². The molecule has 0 spiro atoms. The third-order valence-electron chi connectivity index (χ3n) is 5.13. The van der Waals surface area contributed by atoms with Gasteiger partial charge in [-0.05, 0) is 54.8 Å². The molecule has 0 saturated carbocycles. The highest BCUT2D eigenvalue weighted by atomic mass is 32.2. The highest BCUT2D eigenvalue weighted by molar-refractivity contribution is 8.08. The summed E-state index contributed by atoms with van der Waals surface area (Å²) >= 11 is 1.27. The number of piperidine rings is 1. The zero-order valence-corrected chi connectivity index (χ0v) is 18.4. The van der Waals surface area contributed by atoms with E-state index in [1.54, 1.807) is 42.7 Å². The van der Waals surface area contributed by atoms with Crippen LogP contribution in [-0.2, 0) is 4.79 Å². The number of thioether (sulfide) groups is 1. The zero-order valence-electron chi connectivity index (χ0n) is 17.6. The van der Waals surface area contributed by atoms with Crippen LogP contribution in [0.4, 0.5) is 0 Å². The lowest BCUT2D eigenvalue weighted by Crippen LogP contribution is -2.41. The first-order chi connectivity index (χ1) is 15.7. The van der Waals surface area contributed by atoms with E-state index in [1.165, 1.54) is 11.8 Å². The fourth-order valence-electron chi connectivity index (χ4n) is 3.51. The molecule has 1 N–H and O–H groups in total. The number of likely N-dealkylation sites (tertiary alicyclic amines) is 1. The Bertz CT molecular complexity index is 1080. The van der Waals surface area contributed by atoms with Crippen molar-refractivity contribution in [2.75, 3.05) is 13.1 Å². The van der Waals surface area contributed by atoms with Crippen molar-refractivity contribution >= 4 is 28.5 Å². The Morgan fingerprint density at radius 3 is 2.00 bits per heavy atom. The van der Waals surface area contributed by atoms with Gasteiger partial charge in [0.15, 0.2) is 5.16 Å². The molecule has 0 atom stereocenters. The van der Waals surface area contributed by atoms with Gasteiger partial charge in [-0.15, -0.1) is 0 Å². The number of nitrogens with zero attached hydrogens (tertiary/aromatic N) is 3. The van der Waals surface area contributed by atoms with Gasteiger partial charge in [-0.2, -0.15) is 0 Å². The number of rotatable bonds is 6. The molecule has 1 aliphatic heterocycles. The van der Waals surface area contributed by atoms with Gasteiger partial charge in [0.05, 0.1) is 4.91 Å². The smallest absolute Gasteiger partial charge is 0.271 e. The van der Waals surface area contributed by atoms with Crippen LogP contribution in [0.5, 0.6) is 0 Å². The zero-order chi connectivity index (χ0) is 22.2. The first-order valence-electron chi connectivity index (χ1n) is 10.6. The summed E-state index contributed by atoms with van der Waals surface area (Å²) in [5.74, 6) is -0.509. The molecule has 0 radical (unpaired) electrons. The summed E-state index contributed by atoms with van der Waals surface area (Å²) < 4.78 is 0. The third kappa shape index (κ3) is 5.42. The second-order valence-electron chi connectivity index (χ2n) is 7.38. The first kappa shape index (κ1) is 21.8. The van der Waals surface area contributed by atoms with Crippen molar-refractivity contribution in [3.05, 3.63) is 95.9 Å². The Morgan fingerprint density at radius 1 is 0.781 bits per heavy atom. The van der Waals surface area contributed by atoms with Crippen molar-refractivity contribution in [1.82, 2.24) is 20.2 Å². The Morgan fingerprint density at radius 2 is 1.38 bits per heavy atom. The lowest BCUT2D eigenvalue weighted by Gasteiger charge is -2.28. The van der Waals surface area contributed by atoms with Gasteiger partial charge >= 0.3 is 0 Å². The summed E-state index contributed by atoms with van der Waals surface area (Å²) in [6.07, 6.45) is 6.35. The lowest BCUT2D eigenvalue weighted by atomic mass is 10.1. The maximum atomic E-state index is 13.7. The number of carbonyl (C=O) groups excluding carboxylic acids is 2. The molecule has 0 unspecified atom stereocenters. The molecule has 162 valence electrons. The van der Waals surface area contributed by atoms with Crippen LogP contribution in [-0.4, -0.2) is 39.8 Å². The summed E-state index contributed by atoms with van der Waals surface area (Å²) in [5.41, 5.74) is 1.56. The molecule has 6 nitrogen and oxygen atoms in total. The molecular weight excluding hydrogens is 420 g/mol. The van der Waals surface area contributed by atoms with Gasteiger partial charge in [-0.1, -0.05) is 48.5 Å². The molecule has 1 fully saturated rings. The van der Waals surface area contributed by atoms with Gasteiger partial charge in [0.25, 0.3) is 11.8 Å². The molecule has 0 bridgehead atoms. The monoisotopic (exact) mass is 444 g/mol. The second-order valence-corrected chi connectivity index (χ2v) is 8.35. The standard InChI is InChI=1S/C25H24N4O2S/c30-23(20-13-6-2-7-14-20)28-21(24(31)29-17-8-3-9-18-29)22(19-11-4-1-5-12-19)32-25-26-15-10-16-27-25/h1-2,4-7,10-16H,3,8-9,17-18H2,(H,28,30)/b22-21+. The van der Waals surface area contributed by atoms with Crippen LogP contribution in [0.15, 0.2) is 90.0 Å². The van der Waals surface area contributed by atoms with E-state index in [-0.39, 0.29) is 17.5 Å². The SMILES string of the molecule is O=C(N/C(C(=O)N1CCCCC1)=C(/Sc1ncccn1)c1ccccc1)c1ccccc1. The molecular formula is C25H24N4O2S. The van der Waals surface area contributed by atoms with E-state index in [0.717, 1.165) is 24.8 Å². The molecule has 2 amide bonds. The number of aromatic nitrogens is 2. The van der Waals surface area contributed by atoms with Crippen molar-refractivity contribution < 1.29 is 9.59 Å². The van der Waals surface area contributed by atoms with E-state index in [9.17, 15) is 9.59 Å². The molecule has 1 saturated heterocycles. The Kier molecular flexibility index (Phi) is 7.30. The minimum Gasteiger partial charge on any atom is -0.337 e. The average molecular weight is 445 g/mol. The fourth-order valence-corrected chi connectivity index (χ4v) is 4.41. The molecule has 0 aliphatic carbocycles. The van der Waals surface area contributed by atoms with Crippen LogP contribution < -0.4 is 5.32 Å². The molecule has 4 rings (SSSR count). The van der Waals surface area contributed by atoms with Crippen LogP contribution >= 0.6 is 11.8 Å². The van der Waals surface area contributed by atoms with Crippen LogP contribution in [0, 0.1) is 0 Å². The average Bonchev–Trinajstić information content (AvgIpc) is 2.88. The Balaban J connectivity index is 1.79. The lowest BCUT2D eigenvalue weighted by molar-refractivity contribution is -0.128. The molecule has 1 aromatic heterocycles. The molecule has 32 heavy (non-hydrogen) atoms. The van der Waals surface area contributed by atoms with E-state index in [0.29, 0.717) is 28.7 Å². The van der Waals surface area contributed by atoms with Crippen LogP contribution in [0.3, 0.4) is 0 Å². The third-order valence-corrected chi connectivity index (χ3v) is 6.17. The van der Waals surface area contributed by atoms with Crippen LogP contribution in [0.25, 0.3) is 4.91 Å². The van der Waals surface area contributed by atoms with E-state index in [1.807, 2.05) is 41.3 Å². The first-order valence-corrected chi connectivity index (χ1v) is 11.4.